The highest BCUT2D eigenvalue weighted by Gasteiger charge is 2.39. The van der Waals surface area contributed by atoms with Crippen molar-refractivity contribution in [3.63, 3.8) is 0 Å². The number of amides is 1. The molecule has 27 heavy (non-hydrogen) atoms. The number of carbonyl (C=O) groups excluding carboxylic acids is 1. The molecule has 0 aromatic heterocycles. The Hall–Kier alpha value is -2.60. The minimum Gasteiger partial charge on any atom is -0.465 e. The Morgan fingerprint density at radius 2 is 1.81 bits per heavy atom. The van der Waals surface area contributed by atoms with Gasteiger partial charge in [0.05, 0.1) is 17.6 Å². The maximum Gasteiger partial charge on any atom is 0.416 e. The molecule has 0 aliphatic heterocycles. The third-order valence-electron chi connectivity index (χ3n) is 4.54. The smallest absolute Gasteiger partial charge is 0.416 e. The Balaban J connectivity index is 2.35. The summed E-state index contributed by atoms with van der Waals surface area (Å²) in [4.78, 5) is 27.6. The molecule has 1 N–H and O–H groups in total. The minimum absolute atomic E-state index is 0.241. The number of carbonyl (C=O) groups is 1. The van der Waals surface area contributed by atoms with Gasteiger partial charge in [-0.2, -0.15) is 13.2 Å². The summed E-state index contributed by atoms with van der Waals surface area (Å²) in [6.45, 7) is 5.24. The van der Waals surface area contributed by atoms with E-state index in [1.807, 2.05) is 0 Å². The lowest BCUT2D eigenvalue weighted by Crippen LogP contribution is -2.55. The van der Waals surface area contributed by atoms with Crippen LogP contribution >= 0.6 is 0 Å². The quantitative estimate of drug-likeness (QED) is 0.607. The second-order valence-electron chi connectivity index (χ2n) is 7.42. The van der Waals surface area contributed by atoms with Crippen LogP contribution in [0.2, 0.25) is 0 Å². The van der Waals surface area contributed by atoms with Crippen LogP contribution in [0.5, 0.6) is 0 Å². The summed E-state index contributed by atoms with van der Waals surface area (Å²) >= 11 is 0. The van der Waals surface area contributed by atoms with Crippen LogP contribution in [0.3, 0.4) is 0 Å². The van der Waals surface area contributed by atoms with Gasteiger partial charge in [-0.25, -0.2) is 14.6 Å². The molecule has 0 unspecified atom stereocenters. The van der Waals surface area contributed by atoms with Crippen LogP contribution in [-0.4, -0.2) is 39.8 Å². The third-order valence-corrected chi connectivity index (χ3v) is 4.54. The van der Waals surface area contributed by atoms with Gasteiger partial charge in [0.25, 0.3) is 0 Å². The van der Waals surface area contributed by atoms with Crippen molar-refractivity contribution in [3.05, 3.63) is 41.5 Å². The summed E-state index contributed by atoms with van der Waals surface area (Å²) in [6.07, 6.45) is -1.70. The molecule has 2 rings (SSSR count). The highest BCUT2D eigenvalue weighted by molar-refractivity contribution is 5.70. The number of carboxylic acid groups (broad SMARTS) is 1. The van der Waals surface area contributed by atoms with Crippen molar-refractivity contribution in [3.8, 4) is 0 Å². The highest BCUT2D eigenvalue weighted by Crippen LogP contribution is 2.35. The molecule has 0 radical (unpaired) electrons. The van der Waals surface area contributed by atoms with Gasteiger partial charge in [0.2, 0.25) is 6.08 Å². The van der Waals surface area contributed by atoms with Gasteiger partial charge in [-0.15, -0.1) is 0 Å². The Labute approximate surface area is 155 Å². The lowest BCUT2D eigenvalue weighted by Gasteiger charge is -2.43. The van der Waals surface area contributed by atoms with Gasteiger partial charge in [-0.3, -0.25) is 4.90 Å². The number of benzene rings is 1. The Morgan fingerprint density at radius 3 is 2.26 bits per heavy atom. The molecule has 0 saturated heterocycles. The fourth-order valence-corrected chi connectivity index (χ4v) is 3.38. The summed E-state index contributed by atoms with van der Waals surface area (Å²) in [6, 6.07) is 3.53. The Bertz CT molecular complexity index is 773. The van der Waals surface area contributed by atoms with E-state index in [1.54, 1.807) is 26.8 Å². The number of nitrogens with zero attached hydrogens (tertiary/aromatic N) is 2. The zero-order valence-electron chi connectivity index (χ0n) is 15.2. The van der Waals surface area contributed by atoms with Crippen molar-refractivity contribution in [2.24, 2.45) is 4.99 Å². The number of alkyl halides is 3. The summed E-state index contributed by atoms with van der Waals surface area (Å²) in [5.74, 6) is 0. The van der Waals surface area contributed by atoms with Gasteiger partial charge >= 0.3 is 12.3 Å². The van der Waals surface area contributed by atoms with E-state index in [4.69, 9.17) is 0 Å². The van der Waals surface area contributed by atoms with E-state index in [0.29, 0.717) is 12.0 Å². The largest absolute Gasteiger partial charge is 0.465 e. The van der Waals surface area contributed by atoms with Gasteiger partial charge in [-0.05, 0) is 56.9 Å². The summed E-state index contributed by atoms with van der Waals surface area (Å²) < 4.78 is 38.2. The van der Waals surface area contributed by atoms with Crippen LogP contribution in [0.25, 0.3) is 5.57 Å². The predicted molar refractivity (Wildman–Crippen MR) is 94.0 cm³/mol. The first kappa shape index (κ1) is 20.7. The Kier molecular flexibility index (Phi) is 5.80. The number of rotatable bonds is 3. The molecule has 2 atom stereocenters. The number of aliphatic imine (C=N–C) groups is 1. The van der Waals surface area contributed by atoms with E-state index >= 15 is 0 Å². The van der Waals surface area contributed by atoms with Gasteiger partial charge in [0, 0.05) is 5.54 Å². The maximum atomic E-state index is 12.7. The van der Waals surface area contributed by atoms with Crippen molar-refractivity contribution in [2.45, 2.75) is 57.4 Å². The molecule has 0 heterocycles. The monoisotopic (exact) mass is 382 g/mol. The molecule has 146 valence electrons. The van der Waals surface area contributed by atoms with Crippen LogP contribution in [-0.2, 0) is 11.0 Å². The van der Waals surface area contributed by atoms with Crippen molar-refractivity contribution < 1.29 is 27.9 Å². The van der Waals surface area contributed by atoms with Gasteiger partial charge < -0.3 is 5.11 Å². The topological polar surface area (TPSA) is 70.0 Å². The van der Waals surface area contributed by atoms with E-state index in [0.717, 1.165) is 17.7 Å². The second kappa shape index (κ2) is 7.56. The van der Waals surface area contributed by atoms with E-state index in [-0.39, 0.29) is 6.42 Å². The van der Waals surface area contributed by atoms with E-state index < -0.39 is 35.5 Å². The number of hydrogen-bond acceptors (Lipinski definition) is 3. The van der Waals surface area contributed by atoms with Crippen LogP contribution in [0.1, 0.15) is 44.7 Å². The highest BCUT2D eigenvalue weighted by atomic mass is 19.4. The van der Waals surface area contributed by atoms with E-state index in [2.05, 4.69) is 4.99 Å². The van der Waals surface area contributed by atoms with Crippen molar-refractivity contribution in [2.75, 3.05) is 0 Å². The standard InChI is InChI=1S/C19H21F3N2O3/c1-18(2,3)24(17(26)27)16-9-6-13(10-15(16)23-11-25)12-4-7-14(8-5-12)19(20,21)22/h4-8,15-16H,9-10H2,1-3H3,(H,26,27)/t15-,16-/m0/s1. The first-order valence-electron chi connectivity index (χ1n) is 8.41. The molecular formula is C19H21F3N2O3. The van der Waals surface area contributed by atoms with Crippen molar-refractivity contribution >= 4 is 17.7 Å². The van der Waals surface area contributed by atoms with Crippen molar-refractivity contribution in [1.82, 2.24) is 4.90 Å². The molecule has 1 aliphatic carbocycles. The van der Waals surface area contributed by atoms with Gasteiger partial charge in [0.15, 0.2) is 0 Å². The zero-order valence-corrected chi connectivity index (χ0v) is 15.2. The molecule has 0 spiro atoms. The second-order valence-corrected chi connectivity index (χ2v) is 7.42. The normalized spacial score (nSPS) is 20.4. The Morgan fingerprint density at radius 1 is 1.22 bits per heavy atom. The van der Waals surface area contributed by atoms with Gasteiger partial charge in [-0.1, -0.05) is 18.2 Å². The SMILES string of the molecule is CC(C)(C)N(C(=O)O)[C@H]1CC=C(c2ccc(C(F)(F)F)cc2)C[C@@H]1N=C=O. The number of hydrogen-bond donors (Lipinski definition) is 1. The molecule has 1 aromatic rings. The van der Waals surface area contributed by atoms with Crippen LogP contribution in [0, 0.1) is 0 Å². The number of halogens is 3. The molecule has 0 saturated carbocycles. The maximum absolute atomic E-state index is 12.7. The summed E-state index contributed by atoms with van der Waals surface area (Å²) in [7, 11) is 0. The average molecular weight is 382 g/mol. The van der Waals surface area contributed by atoms with Gasteiger partial charge in [0.1, 0.15) is 0 Å². The summed E-state index contributed by atoms with van der Waals surface area (Å²) in [5, 5.41) is 9.60. The molecule has 5 nitrogen and oxygen atoms in total. The minimum atomic E-state index is -4.41. The fourth-order valence-electron chi connectivity index (χ4n) is 3.38. The third kappa shape index (κ3) is 4.77. The van der Waals surface area contributed by atoms with Crippen molar-refractivity contribution in [1.29, 1.82) is 0 Å². The van der Waals surface area contributed by atoms with Crippen LogP contribution < -0.4 is 0 Å². The lowest BCUT2D eigenvalue weighted by molar-refractivity contribution is -0.137. The molecule has 1 aromatic carbocycles. The fraction of sp³-hybridized carbons (Fsp3) is 0.474. The first-order valence-corrected chi connectivity index (χ1v) is 8.41. The number of isocyanates is 1. The van der Waals surface area contributed by atoms with Crippen LogP contribution in [0.4, 0.5) is 18.0 Å². The molecular weight excluding hydrogens is 361 g/mol. The van der Waals surface area contributed by atoms with Crippen LogP contribution in [0.15, 0.2) is 35.3 Å². The molecule has 1 amide bonds. The summed E-state index contributed by atoms with van der Waals surface area (Å²) in [5.41, 5.74) is -0.131. The molecule has 0 fully saturated rings. The van der Waals surface area contributed by atoms with E-state index in [1.165, 1.54) is 23.1 Å². The zero-order chi connectivity index (χ0) is 20.4. The molecule has 0 bridgehead atoms. The van der Waals surface area contributed by atoms with E-state index in [9.17, 15) is 27.9 Å². The predicted octanol–water partition coefficient (Wildman–Crippen LogP) is 4.73. The molecule has 8 heteroatoms. The molecule has 1 aliphatic rings. The lowest BCUT2D eigenvalue weighted by atomic mass is 9.84. The first-order chi connectivity index (χ1) is 12.4. The average Bonchev–Trinajstić information content (AvgIpc) is 2.54.